The fourth-order valence-electron chi connectivity index (χ4n) is 2.23. The van der Waals surface area contributed by atoms with Gasteiger partial charge >= 0.3 is 0 Å². The van der Waals surface area contributed by atoms with Crippen LogP contribution in [0.4, 0.5) is 0 Å². The van der Waals surface area contributed by atoms with E-state index in [9.17, 15) is 0 Å². The van der Waals surface area contributed by atoms with Gasteiger partial charge < -0.3 is 0 Å². The fourth-order valence-corrected chi connectivity index (χ4v) is 3.13. The molecule has 1 saturated carbocycles. The van der Waals surface area contributed by atoms with Crippen molar-refractivity contribution in [1.29, 1.82) is 0 Å². The van der Waals surface area contributed by atoms with Gasteiger partial charge in [-0.15, -0.1) is 0 Å². The van der Waals surface area contributed by atoms with E-state index in [0.29, 0.717) is 4.83 Å². The van der Waals surface area contributed by atoms with E-state index >= 15 is 0 Å². The molecule has 14 heavy (non-hydrogen) atoms. The van der Waals surface area contributed by atoms with E-state index < -0.39 is 0 Å². The zero-order chi connectivity index (χ0) is 9.80. The van der Waals surface area contributed by atoms with E-state index in [4.69, 9.17) is 0 Å². The Morgan fingerprint density at radius 1 is 1.29 bits per heavy atom. The summed E-state index contributed by atoms with van der Waals surface area (Å²) in [5.41, 5.74) is 1.40. The predicted molar refractivity (Wildman–Crippen MR) is 62.6 cm³/mol. The molecule has 0 saturated heterocycles. The van der Waals surface area contributed by atoms with Crippen molar-refractivity contribution in [3.63, 3.8) is 0 Å². The summed E-state index contributed by atoms with van der Waals surface area (Å²) < 4.78 is 0. The molecule has 0 amide bonds. The van der Waals surface area contributed by atoms with Crippen molar-refractivity contribution in [1.82, 2.24) is 4.98 Å². The quantitative estimate of drug-likeness (QED) is 0.751. The minimum atomic E-state index is 0.660. The molecule has 1 aromatic heterocycles. The van der Waals surface area contributed by atoms with Crippen LogP contribution in [0.3, 0.4) is 0 Å². The highest BCUT2D eigenvalue weighted by atomic mass is 79.9. The molecular weight excluding hydrogens is 238 g/mol. The van der Waals surface area contributed by atoms with Crippen molar-refractivity contribution in [3.8, 4) is 0 Å². The standard InChI is InChI=1S/C12H16BrN/c13-12(11-3-1-2-4-11)9-10-5-7-14-8-6-10/h5-8,11-12H,1-4,9H2. The SMILES string of the molecule is BrC(Cc1ccncc1)C1CCCC1. The van der Waals surface area contributed by atoms with E-state index in [2.05, 4.69) is 33.0 Å². The zero-order valence-electron chi connectivity index (χ0n) is 8.32. The van der Waals surface area contributed by atoms with Crippen LogP contribution >= 0.6 is 15.9 Å². The summed E-state index contributed by atoms with van der Waals surface area (Å²) in [5.74, 6) is 0.892. The number of nitrogens with zero attached hydrogens (tertiary/aromatic N) is 1. The highest BCUT2D eigenvalue weighted by Crippen LogP contribution is 2.32. The summed E-state index contributed by atoms with van der Waals surface area (Å²) in [7, 11) is 0. The molecule has 1 heterocycles. The monoisotopic (exact) mass is 253 g/mol. The van der Waals surface area contributed by atoms with Crippen molar-refractivity contribution in [3.05, 3.63) is 30.1 Å². The van der Waals surface area contributed by atoms with Gasteiger partial charge in [0.1, 0.15) is 0 Å². The third-order valence-electron chi connectivity index (χ3n) is 3.09. The van der Waals surface area contributed by atoms with E-state index in [0.717, 1.165) is 12.3 Å². The first-order chi connectivity index (χ1) is 6.86. The summed E-state index contributed by atoms with van der Waals surface area (Å²) in [6.07, 6.45) is 10.6. The molecule has 1 atom stereocenters. The number of rotatable bonds is 3. The molecule has 0 aliphatic heterocycles. The maximum atomic E-state index is 4.03. The second-order valence-corrected chi connectivity index (χ2v) is 5.30. The maximum Gasteiger partial charge on any atom is 0.0270 e. The first kappa shape index (κ1) is 10.2. The smallest absolute Gasteiger partial charge is 0.0270 e. The van der Waals surface area contributed by atoms with Crippen LogP contribution in [0, 0.1) is 5.92 Å². The van der Waals surface area contributed by atoms with Crippen molar-refractivity contribution in [2.75, 3.05) is 0 Å². The lowest BCUT2D eigenvalue weighted by molar-refractivity contribution is 0.525. The van der Waals surface area contributed by atoms with Gasteiger partial charge in [0.15, 0.2) is 0 Å². The summed E-state index contributed by atoms with van der Waals surface area (Å²) in [6, 6.07) is 4.23. The fraction of sp³-hybridized carbons (Fsp3) is 0.583. The average molecular weight is 254 g/mol. The van der Waals surface area contributed by atoms with Crippen molar-refractivity contribution < 1.29 is 0 Å². The molecule has 1 aliphatic carbocycles. The molecule has 1 aliphatic rings. The topological polar surface area (TPSA) is 12.9 Å². The minimum absolute atomic E-state index is 0.660. The molecule has 1 unspecified atom stereocenters. The van der Waals surface area contributed by atoms with E-state index in [1.54, 1.807) is 0 Å². The highest BCUT2D eigenvalue weighted by Gasteiger charge is 2.22. The van der Waals surface area contributed by atoms with Crippen LogP contribution in [0.25, 0.3) is 0 Å². The second kappa shape index (κ2) is 4.92. The van der Waals surface area contributed by atoms with Gasteiger partial charge in [-0.05, 0) is 42.9 Å². The van der Waals surface area contributed by atoms with Crippen LogP contribution in [-0.2, 0) is 6.42 Å². The number of aromatic nitrogens is 1. The van der Waals surface area contributed by atoms with Crippen LogP contribution in [0.2, 0.25) is 0 Å². The van der Waals surface area contributed by atoms with Gasteiger partial charge in [-0.25, -0.2) is 0 Å². The first-order valence-electron chi connectivity index (χ1n) is 5.39. The molecule has 2 heteroatoms. The number of alkyl halides is 1. The number of hydrogen-bond acceptors (Lipinski definition) is 1. The lowest BCUT2D eigenvalue weighted by Gasteiger charge is -2.16. The molecule has 0 N–H and O–H groups in total. The molecule has 1 aromatic rings. The molecule has 0 spiro atoms. The summed E-state index contributed by atoms with van der Waals surface area (Å²) >= 11 is 3.82. The molecular formula is C12H16BrN. The summed E-state index contributed by atoms with van der Waals surface area (Å²) in [5, 5.41) is 0. The first-order valence-corrected chi connectivity index (χ1v) is 6.31. The van der Waals surface area contributed by atoms with E-state index in [-0.39, 0.29) is 0 Å². The van der Waals surface area contributed by atoms with Crippen LogP contribution in [0.5, 0.6) is 0 Å². The Kier molecular flexibility index (Phi) is 3.57. The average Bonchev–Trinajstić information content (AvgIpc) is 2.72. The van der Waals surface area contributed by atoms with Gasteiger partial charge in [0, 0.05) is 17.2 Å². The highest BCUT2D eigenvalue weighted by molar-refractivity contribution is 9.09. The Hall–Kier alpha value is -0.370. The molecule has 0 bridgehead atoms. The second-order valence-electron chi connectivity index (χ2n) is 4.12. The molecule has 0 aromatic carbocycles. The lowest BCUT2D eigenvalue weighted by atomic mass is 9.99. The van der Waals surface area contributed by atoms with Crippen LogP contribution < -0.4 is 0 Å². The van der Waals surface area contributed by atoms with Crippen LogP contribution in [0.1, 0.15) is 31.2 Å². The van der Waals surface area contributed by atoms with Gasteiger partial charge in [0.25, 0.3) is 0 Å². The maximum absolute atomic E-state index is 4.03. The van der Waals surface area contributed by atoms with Crippen molar-refractivity contribution in [2.24, 2.45) is 5.92 Å². The number of pyridine rings is 1. The van der Waals surface area contributed by atoms with Gasteiger partial charge in [0.2, 0.25) is 0 Å². The number of hydrogen-bond donors (Lipinski definition) is 0. The summed E-state index contributed by atoms with van der Waals surface area (Å²) in [4.78, 5) is 4.69. The molecule has 0 radical (unpaired) electrons. The van der Waals surface area contributed by atoms with Gasteiger partial charge in [-0.1, -0.05) is 28.8 Å². The molecule has 1 fully saturated rings. The minimum Gasteiger partial charge on any atom is -0.265 e. The van der Waals surface area contributed by atoms with E-state index in [1.807, 2.05) is 12.4 Å². The predicted octanol–water partition coefficient (Wildman–Crippen LogP) is 3.58. The Morgan fingerprint density at radius 3 is 2.57 bits per heavy atom. The Balaban J connectivity index is 1.90. The van der Waals surface area contributed by atoms with Crippen LogP contribution in [-0.4, -0.2) is 9.81 Å². The summed E-state index contributed by atoms with van der Waals surface area (Å²) in [6.45, 7) is 0. The normalized spacial score (nSPS) is 19.8. The Morgan fingerprint density at radius 2 is 1.93 bits per heavy atom. The van der Waals surface area contributed by atoms with Gasteiger partial charge in [0.05, 0.1) is 0 Å². The van der Waals surface area contributed by atoms with Gasteiger partial charge in [-0.3, -0.25) is 4.98 Å². The largest absolute Gasteiger partial charge is 0.265 e. The third-order valence-corrected chi connectivity index (χ3v) is 4.16. The molecule has 76 valence electrons. The van der Waals surface area contributed by atoms with E-state index in [1.165, 1.54) is 31.2 Å². The van der Waals surface area contributed by atoms with Crippen molar-refractivity contribution >= 4 is 15.9 Å². The van der Waals surface area contributed by atoms with Crippen molar-refractivity contribution in [2.45, 2.75) is 36.9 Å². The number of halogens is 1. The van der Waals surface area contributed by atoms with Gasteiger partial charge in [-0.2, -0.15) is 0 Å². The zero-order valence-corrected chi connectivity index (χ0v) is 9.91. The van der Waals surface area contributed by atoms with Crippen LogP contribution in [0.15, 0.2) is 24.5 Å². The Bertz CT molecular complexity index is 267. The third kappa shape index (κ3) is 2.57. The molecule has 2 rings (SSSR count). The lowest BCUT2D eigenvalue weighted by Crippen LogP contribution is -2.13. The molecule has 1 nitrogen and oxygen atoms in total. The Labute approximate surface area is 94.1 Å².